The SMILES string of the molecule is CN(C)C(CNC(=O)c1ccc(CSc2nc3ccccc3[nH]2)cc1)c1ccco1. The molecule has 0 aliphatic heterocycles. The topological polar surface area (TPSA) is 74.2 Å². The summed E-state index contributed by atoms with van der Waals surface area (Å²) in [5.41, 5.74) is 3.79. The Kier molecular flexibility index (Phi) is 6.21. The number of nitrogens with one attached hydrogen (secondary N) is 2. The van der Waals surface area contributed by atoms with Crippen molar-refractivity contribution >= 4 is 28.7 Å². The maximum Gasteiger partial charge on any atom is 0.251 e. The second-order valence-electron chi connectivity index (χ2n) is 7.25. The highest BCUT2D eigenvalue weighted by atomic mass is 32.2. The molecule has 1 amide bonds. The van der Waals surface area contributed by atoms with Crippen LogP contribution in [0.3, 0.4) is 0 Å². The Balaban J connectivity index is 1.32. The number of benzene rings is 2. The molecule has 4 aromatic rings. The van der Waals surface area contributed by atoms with E-state index >= 15 is 0 Å². The van der Waals surface area contributed by atoms with Crippen LogP contribution in [0, 0.1) is 0 Å². The predicted molar refractivity (Wildman–Crippen MR) is 120 cm³/mol. The molecule has 2 N–H and O–H groups in total. The molecule has 0 aliphatic carbocycles. The third-order valence-corrected chi connectivity index (χ3v) is 5.85. The first-order valence-corrected chi connectivity index (χ1v) is 10.7. The first-order valence-electron chi connectivity index (χ1n) is 9.74. The van der Waals surface area contributed by atoms with Gasteiger partial charge in [-0.2, -0.15) is 0 Å². The molecule has 30 heavy (non-hydrogen) atoms. The lowest BCUT2D eigenvalue weighted by Crippen LogP contribution is -2.34. The third-order valence-electron chi connectivity index (χ3n) is 4.91. The molecule has 0 radical (unpaired) electrons. The minimum atomic E-state index is -0.0927. The number of hydrogen-bond acceptors (Lipinski definition) is 5. The minimum Gasteiger partial charge on any atom is -0.468 e. The molecule has 0 bridgehead atoms. The van der Waals surface area contributed by atoms with Crippen LogP contribution in [-0.4, -0.2) is 41.4 Å². The summed E-state index contributed by atoms with van der Waals surface area (Å²) in [6, 6.07) is 19.5. The summed E-state index contributed by atoms with van der Waals surface area (Å²) < 4.78 is 5.49. The van der Waals surface area contributed by atoms with E-state index in [0.717, 1.165) is 33.3 Å². The summed E-state index contributed by atoms with van der Waals surface area (Å²) in [5.74, 6) is 1.52. The number of carbonyl (C=O) groups is 1. The largest absolute Gasteiger partial charge is 0.468 e. The number of likely N-dealkylation sites (N-methyl/N-ethyl adjacent to an activating group) is 1. The standard InChI is InChI=1S/C23H24N4O2S/c1-27(2)20(21-8-5-13-29-21)14-24-22(28)17-11-9-16(10-12-17)15-30-23-25-18-6-3-4-7-19(18)26-23/h3-13,20H,14-15H2,1-2H3,(H,24,28)(H,25,26). The van der Waals surface area contributed by atoms with Crippen molar-refractivity contribution in [2.75, 3.05) is 20.6 Å². The van der Waals surface area contributed by atoms with Crippen molar-refractivity contribution in [1.29, 1.82) is 0 Å². The Morgan fingerprint density at radius 2 is 1.93 bits per heavy atom. The van der Waals surface area contributed by atoms with Gasteiger partial charge in [0.15, 0.2) is 5.16 Å². The lowest BCUT2D eigenvalue weighted by molar-refractivity contribution is 0.0939. The summed E-state index contributed by atoms with van der Waals surface area (Å²) in [6.45, 7) is 0.475. The van der Waals surface area contributed by atoms with Crippen molar-refractivity contribution in [2.24, 2.45) is 0 Å². The highest BCUT2D eigenvalue weighted by Crippen LogP contribution is 2.23. The molecule has 2 aromatic carbocycles. The van der Waals surface area contributed by atoms with Gasteiger partial charge in [0.25, 0.3) is 5.91 Å². The van der Waals surface area contributed by atoms with E-state index in [0.29, 0.717) is 12.1 Å². The van der Waals surface area contributed by atoms with Crippen LogP contribution in [0.1, 0.15) is 27.7 Å². The zero-order valence-electron chi connectivity index (χ0n) is 17.0. The molecule has 2 aromatic heterocycles. The van der Waals surface area contributed by atoms with Crippen LogP contribution in [0.5, 0.6) is 0 Å². The maximum atomic E-state index is 12.6. The predicted octanol–water partition coefficient (Wildman–Crippen LogP) is 4.48. The van der Waals surface area contributed by atoms with Crippen molar-refractivity contribution in [3.8, 4) is 0 Å². The molecule has 0 saturated heterocycles. The Hall–Kier alpha value is -3.03. The molecule has 6 nitrogen and oxygen atoms in total. The summed E-state index contributed by atoms with van der Waals surface area (Å²) >= 11 is 1.65. The monoisotopic (exact) mass is 420 g/mol. The van der Waals surface area contributed by atoms with Gasteiger partial charge in [0.05, 0.1) is 23.3 Å². The van der Waals surface area contributed by atoms with E-state index in [2.05, 4.69) is 15.3 Å². The zero-order chi connectivity index (χ0) is 20.9. The van der Waals surface area contributed by atoms with Crippen LogP contribution in [0.4, 0.5) is 0 Å². The van der Waals surface area contributed by atoms with Gasteiger partial charge in [-0.25, -0.2) is 4.98 Å². The highest BCUT2D eigenvalue weighted by molar-refractivity contribution is 7.98. The van der Waals surface area contributed by atoms with Gasteiger partial charge in [-0.1, -0.05) is 36.0 Å². The molecule has 1 atom stereocenters. The third kappa shape index (κ3) is 4.75. The summed E-state index contributed by atoms with van der Waals surface area (Å²) in [5, 5.41) is 3.89. The van der Waals surface area contributed by atoms with E-state index < -0.39 is 0 Å². The first kappa shape index (κ1) is 20.3. The molecular weight excluding hydrogens is 396 g/mol. The van der Waals surface area contributed by atoms with E-state index in [4.69, 9.17) is 4.42 Å². The first-order chi connectivity index (χ1) is 14.6. The van der Waals surface area contributed by atoms with Crippen molar-refractivity contribution in [1.82, 2.24) is 20.2 Å². The van der Waals surface area contributed by atoms with Crippen LogP contribution in [0.25, 0.3) is 11.0 Å². The molecule has 2 heterocycles. The van der Waals surface area contributed by atoms with Crippen LogP contribution >= 0.6 is 11.8 Å². The number of hydrogen-bond donors (Lipinski definition) is 2. The number of thioether (sulfide) groups is 1. The zero-order valence-corrected chi connectivity index (χ0v) is 17.8. The van der Waals surface area contributed by atoms with Crippen LogP contribution in [0.15, 0.2) is 76.5 Å². The number of aromatic nitrogens is 2. The quantitative estimate of drug-likeness (QED) is 0.411. The molecule has 154 valence electrons. The molecule has 1 unspecified atom stereocenters. The van der Waals surface area contributed by atoms with E-state index in [9.17, 15) is 4.79 Å². The average molecular weight is 421 g/mol. The fourth-order valence-corrected chi connectivity index (χ4v) is 4.05. The second-order valence-corrected chi connectivity index (χ2v) is 8.21. The molecule has 0 fully saturated rings. The van der Waals surface area contributed by atoms with Crippen molar-refractivity contribution < 1.29 is 9.21 Å². The Morgan fingerprint density at radius 1 is 1.13 bits per heavy atom. The molecular formula is C23H24N4O2S. The van der Waals surface area contributed by atoms with Gasteiger partial charge >= 0.3 is 0 Å². The Labute approximate surface area is 179 Å². The van der Waals surface area contributed by atoms with Crippen molar-refractivity contribution in [3.63, 3.8) is 0 Å². The summed E-state index contributed by atoms with van der Waals surface area (Å²) in [6.07, 6.45) is 1.65. The van der Waals surface area contributed by atoms with Crippen LogP contribution < -0.4 is 5.32 Å². The number of H-pyrrole nitrogens is 1. The molecule has 0 aliphatic rings. The summed E-state index contributed by atoms with van der Waals surface area (Å²) in [7, 11) is 3.93. The summed E-state index contributed by atoms with van der Waals surface area (Å²) in [4.78, 5) is 22.5. The number of aromatic amines is 1. The van der Waals surface area contributed by atoms with Crippen LogP contribution in [0.2, 0.25) is 0 Å². The number of rotatable bonds is 8. The number of para-hydroxylation sites is 2. The van der Waals surface area contributed by atoms with Gasteiger partial charge in [0, 0.05) is 17.9 Å². The lowest BCUT2D eigenvalue weighted by Gasteiger charge is -2.22. The van der Waals surface area contributed by atoms with Crippen molar-refractivity contribution in [2.45, 2.75) is 17.0 Å². The average Bonchev–Trinajstić information content (AvgIpc) is 3.42. The number of imidazole rings is 1. The van der Waals surface area contributed by atoms with E-state index in [1.54, 1.807) is 18.0 Å². The van der Waals surface area contributed by atoms with E-state index in [1.807, 2.05) is 79.7 Å². The van der Waals surface area contributed by atoms with E-state index in [-0.39, 0.29) is 11.9 Å². The Morgan fingerprint density at radius 3 is 2.63 bits per heavy atom. The van der Waals surface area contributed by atoms with Gasteiger partial charge in [0.2, 0.25) is 0 Å². The minimum absolute atomic E-state index is 0.0107. The van der Waals surface area contributed by atoms with Crippen LogP contribution in [-0.2, 0) is 5.75 Å². The van der Waals surface area contributed by atoms with Gasteiger partial charge in [0.1, 0.15) is 5.76 Å². The number of amides is 1. The highest BCUT2D eigenvalue weighted by Gasteiger charge is 2.18. The normalized spacial score (nSPS) is 12.4. The lowest BCUT2D eigenvalue weighted by atomic mass is 10.1. The number of nitrogens with zero attached hydrogens (tertiary/aromatic N) is 2. The van der Waals surface area contributed by atoms with Gasteiger partial charge in [-0.3, -0.25) is 9.69 Å². The number of furan rings is 1. The smallest absolute Gasteiger partial charge is 0.251 e. The Bertz CT molecular complexity index is 1070. The second kappa shape index (κ2) is 9.19. The number of carbonyl (C=O) groups excluding carboxylic acids is 1. The maximum absolute atomic E-state index is 12.6. The van der Waals surface area contributed by atoms with Gasteiger partial charge in [-0.05, 0) is 56.1 Å². The van der Waals surface area contributed by atoms with Crippen molar-refractivity contribution in [3.05, 3.63) is 83.8 Å². The fraction of sp³-hybridized carbons (Fsp3) is 0.217. The van der Waals surface area contributed by atoms with Gasteiger partial charge < -0.3 is 14.7 Å². The fourth-order valence-electron chi connectivity index (χ4n) is 3.21. The molecule has 0 saturated carbocycles. The van der Waals surface area contributed by atoms with E-state index in [1.165, 1.54) is 0 Å². The molecule has 0 spiro atoms. The van der Waals surface area contributed by atoms with Gasteiger partial charge in [-0.15, -0.1) is 0 Å². The molecule has 4 rings (SSSR count). The number of fused-ring (bicyclic) bond motifs is 1. The molecule has 7 heteroatoms.